The van der Waals surface area contributed by atoms with Crippen molar-refractivity contribution in [2.45, 2.75) is 0 Å². The summed E-state index contributed by atoms with van der Waals surface area (Å²) < 4.78 is 28.8. The van der Waals surface area contributed by atoms with Crippen LogP contribution in [-0.2, 0) is 21.4 Å². The Morgan fingerprint density at radius 2 is 1.72 bits per heavy atom. The second kappa shape index (κ2) is 6.48. The van der Waals surface area contributed by atoms with Gasteiger partial charge < -0.3 is 4.57 Å². The van der Waals surface area contributed by atoms with Gasteiger partial charge >= 0.3 is 10.1 Å². The van der Waals surface area contributed by atoms with Gasteiger partial charge in [0.25, 0.3) is 0 Å². The third-order valence-electron chi connectivity index (χ3n) is 3.51. The monoisotopic (exact) mass is 357 g/mol. The number of benzene rings is 2. The molecule has 0 bridgehead atoms. The molecule has 3 aromatic rings. The summed E-state index contributed by atoms with van der Waals surface area (Å²) in [6.07, 6.45) is 0.857. The van der Waals surface area contributed by atoms with Gasteiger partial charge in [0.2, 0.25) is 5.78 Å². The summed E-state index contributed by atoms with van der Waals surface area (Å²) in [6.45, 7) is 0. The van der Waals surface area contributed by atoms with Crippen molar-refractivity contribution in [1.82, 2.24) is 9.55 Å². The quantitative estimate of drug-likeness (QED) is 0.396. The Labute approximate surface area is 144 Å². The molecule has 0 aliphatic carbocycles. The Kier molecular flexibility index (Phi) is 4.37. The van der Waals surface area contributed by atoms with Crippen LogP contribution in [0.15, 0.2) is 59.8 Å². The lowest BCUT2D eigenvalue weighted by atomic mass is 10.1. The van der Waals surface area contributed by atoms with Gasteiger partial charge in [0.1, 0.15) is 0 Å². The molecule has 8 heteroatoms. The maximum atomic E-state index is 12.8. The van der Waals surface area contributed by atoms with E-state index in [-0.39, 0.29) is 11.5 Å². The van der Waals surface area contributed by atoms with Gasteiger partial charge in [-0.05, 0) is 12.1 Å². The standard InChI is InChI=1S/C17H15N3O4S/c1-20-14-11-7-6-10-13(14)18-17(20)15(19-24-25(2,22)23)16(21)12-8-4-3-5-9-12/h3-11H,1-2H3/b19-15+. The van der Waals surface area contributed by atoms with Crippen LogP contribution >= 0.6 is 0 Å². The number of carbonyl (C=O) groups is 1. The average Bonchev–Trinajstić information content (AvgIpc) is 2.92. The van der Waals surface area contributed by atoms with Gasteiger partial charge in [0, 0.05) is 12.6 Å². The van der Waals surface area contributed by atoms with Crippen molar-refractivity contribution in [3.63, 3.8) is 0 Å². The maximum absolute atomic E-state index is 12.8. The number of hydrogen-bond donors (Lipinski definition) is 0. The van der Waals surface area contributed by atoms with Crippen LogP contribution in [0.3, 0.4) is 0 Å². The molecule has 0 N–H and O–H groups in total. The molecule has 1 heterocycles. The minimum Gasteiger partial charge on any atom is -0.326 e. The van der Waals surface area contributed by atoms with E-state index in [9.17, 15) is 13.2 Å². The minimum atomic E-state index is -3.86. The Morgan fingerprint density at radius 1 is 1.08 bits per heavy atom. The Hall–Kier alpha value is -3.00. The number of oxime groups is 1. The van der Waals surface area contributed by atoms with Gasteiger partial charge in [-0.25, -0.2) is 4.98 Å². The van der Waals surface area contributed by atoms with Crippen LogP contribution in [0.5, 0.6) is 0 Å². The SMILES string of the molecule is Cn1c(/C(=N/OS(C)(=O)=O)C(=O)c2ccccc2)nc2ccccc21. The zero-order valence-corrected chi connectivity index (χ0v) is 14.4. The van der Waals surface area contributed by atoms with Gasteiger partial charge in [-0.2, -0.15) is 8.42 Å². The summed E-state index contributed by atoms with van der Waals surface area (Å²) in [7, 11) is -2.14. The fourth-order valence-electron chi connectivity index (χ4n) is 2.37. The molecule has 0 radical (unpaired) electrons. The number of fused-ring (bicyclic) bond motifs is 1. The third-order valence-corrected chi connectivity index (χ3v) is 3.86. The first-order valence-corrected chi connectivity index (χ1v) is 9.16. The predicted molar refractivity (Wildman–Crippen MR) is 94.0 cm³/mol. The average molecular weight is 357 g/mol. The highest BCUT2D eigenvalue weighted by molar-refractivity contribution is 7.85. The molecule has 2 aromatic carbocycles. The summed E-state index contributed by atoms with van der Waals surface area (Å²) in [5, 5.41) is 3.59. The molecular formula is C17H15N3O4S. The van der Waals surface area contributed by atoms with Gasteiger partial charge in [0.15, 0.2) is 11.5 Å². The van der Waals surface area contributed by atoms with Crippen LogP contribution in [0.1, 0.15) is 16.2 Å². The lowest BCUT2D eigenvalue weighted by Crippen LogP contribution is -2.21. The number of nitrogens with zero attached hydrogens (tertiary/aromatic N) is 3. The molecule has 3 rings (SSSR count). The van der Waals surface area contributed by atoms with Gasteiger partial charge in [0.05, 0.1) is 17.3 Å². The van der Waals surface area contributed by atoms with Crippen molar-refractivity contribution in [3.8, 4) is 0 Å². The molecule has 0 amide bonds. The van der Waals surface area contributed by atoms with E-state index < -0.39 is 15.9 Å². The summed E-state index contributed by atoms with van der Waals surface area (Å²) in [6, 6.07) is 15.7. The predicted octanol–water partition coefficient (Wildman–Crippen LogP) is 2.14. The number of para-hydroxylation sites is 2. The van der Waals surface area contributed by atoms with Crippen molar-refractivity contribution in [1.29, 1.82) is 0 Å². The molecule has 0 unspecified atom stereocenters. The first kappa shape index (κ1) is 16.8. The molecule has 0 spiro atoms. The second-order valence-corrected chi connectivity index (χ2v) is 6.95. The fourth-order valence-corrected chi connectivity index (χ4v) is 2.58. The highest BCUT2D eigenvalue weighted by atomic mass is 32.2. The van der Waals surface area contributed by atoms with Crippen LogP contribution in [-0.4, -0.2) is 35.7 Å². The van der Waals surface area contributed by atoms with E-state index in [0.29, 0.717) is 11.1 Å². The Bertz CT molecular complexity index is 1070. The van der Waals surface area contributed by atoms with Crippen LogP contribution in [0.25, 0.3) is 11.0 Å². The number of aryl methyl sites for hydroxylation is 1. The highest BCUT2D eigenvalue weighted by Gasteiger charge is 2.23. The number of imidazole rings is 1. The third kappa shape index (κ3) is 3.58. The zero-order valence-electron chi connectivity index (χ0n) is 13.6. The normalized spacial score (nSPS) is 12.3. The first-order valence-electron chi connectivity index (χ1n) is 7.35. The number of aromatic nitrogens is 2. The molecule has 0 saturated carbocycles. The molecule has 0 saturated heterocycles. The van der Waals surface area contributed by atoms with Crippen LogP contribution in [0, 0.1) is 0 Å². The second-order valence-electron chi connectivity index (χ2n) is 5.40. The van der Waals surface area contributed by atoms with Gasteiger partial charge in [-0.3, -0.25) is 9.08 Å². The number of ketones is 1. The summed E-state index contributed by atoms with van der Waals surface area (Å²) in [5.41, 5.74) is 1.61. The fraction of sp³-hybridized carbons (Fsp3) is 0.118. The Balaban J connectivity index is 2.16. The molecule has 0 atom stereocenters. The molecule has 0 aliphatic rings. The smallest absolute Gasteiger partial charge is 0.325 e. The maximum Gasteiger partial charge on any atom is 0.325 e. The van der Waals surface area contributed by atoms with E-state index in [4.69, 9.17) is 0 Å². The van der Waals surface area contributed by atoms with Crippen LogP contribution in [0.2, 0.25) is 0 Å². The molecule has 1 aromatic heterocycles. The molecule has 128 valence electrons. The summed E-state index contributed by atoms with van der Waals surface area (Å²) >= 11 is 0. The van der Waals surface area contributed by atoms with E-state index >= 15 is 0 Å². The largest absolute Gasteiger partial charge is 0.326 e. The summed E-state index contributed by atoms with van der Waals surface area (Å²) in [5.74, 6) is -0.263. The topological polar surface area (TPSA) is 90.6 Å². The molecule has 7 nitrogen and oxygen atoms in total. The van der Waals surface area contributed by atoms with Crippen molar-refractivity contribution in [2.24, 2.45) is 12.2 Å². The number of Topliss-reactive ketones (excluding diaryl/α,β-unsaturated/α-hetero) is 1. The van der Waals surface area contributed by atoms with Gasteiger partial charge in [-0.1, -0.05) is 47.6 Å². The molecular weight excluding hydrogens is 342 g/mol. The van der Waals surface area contributed by atoms with Crippen molar-refractivity contribution < 1.29 is 17.5 Å². The van der Waals surface area contributed by atoms with Crippen molar-refractivity contribution in [3.05, 3.63) is 66.0 Å². The minimum absolute atomic E-state index is 0.185. The Morgan fingerprint density at radius 3 is 2.36 bits per heavy atom. The molecule has 25 heavy (non-hydrogen) atoms. The van der Waals surface area contributed by atoms with E-state index in [1.807, 2.05) is 18.2 Å². The van der Waals surface area contributed by atoms with E-state index in [1.165, 1.54) is 0 Å². The van der Waals surface area contributed by atoms with Crippen LogP contribution < -0.4 is 0 Å². The first-order chi connectivity index (χ1) is 11.9. The van der Waals surface area contributed by atoms with E-state index in [1.54, 1.807) is 48.0 Å². The highest BCUT2D eigenvalue weighted by Crippen LogP contribution is 2.17. The van der Waals surface area contributed by atoms with Crippen molar-refractivity contribution in [2.75, 3.05) is 6.26 Å². The number of rotatable bonds is 5. The molecule has 0 fully saturated rings. The van der Waals surface area contributed by atoms with Crippen LogP contribution in [0.4, 0.5) is 0 Å². The lowest BCUT2D eigenvalue weighted by Gasteiger charge is -2.06. The summed E-state index contributed by atoms with van der Waals surface area (Å²) in [4.78, 5) is 17.2. The van der Waals surface area contributed by atoms with Gasteiger partial charge in [-0.15, -0.1) is 0 Å². The lowest BCUT2D eigenvalue weighted by molar-refractivity contribution is 0.106. The van der Waals surface area contributed by atoms with Crippen molar-refractivity contribution >= 4 is 32.6 Å². The zero-order chi connectivity index (χ0) is 18.0. The van der Waals surface area contributed by atoms with E-state index in [0.717, 1.165) is 11.8 Å². The molecule has 0 aliphatic heterocycles. The number of carbonyl (C=O) groups excluding carboxylic acids is 1. The van der Waals surface area contributed by atoms with E-state index in [2.05, 4.69) is 14.4 Å². The number of hydrogen-bond acceptors (Lipinski definition) is 6.